The van der Waals surface area contributed by atoms with Gasteiger partial charge in [0.1, 0.15) is 0 Å². The van der Waals surface area contributed by atoms with Crippen molar-refractivity contribution in [2.24, 2.45) is 5.92 Å². The molecule has 6 heteroatoms. The van der Waals surface area contributed by atoms with Gasteiger partial charge < -0.3 is 10.6 Å². The smallest absolute Gasteiger partial charge is 0.229 e. The number of hydrogen-bond donors (Lipinski definition) is 2. The van der Waals surface area contributed by atoms with E-state index >= 15 is 0 Å². The molecule has 5 nitrogen and oxygen atoms in total. The molecule has 1 aromatic heterocycles. The van der Waals surface area contributed by atoms with E-state index in [1.807, 2.05) is 0 Å². The Kier molecular flexibility index (Phi) is 4.58. The molecule has 0 amide bonds. The molecule has 0 bridgehead atoms. The normalized spacial score (nSPS) is 23.1. The zero-order valence-electron chi connectivity index (χ0n) is 10.9. The Morgan fingerprint density at radius 1 is 1.22 bits per heavy atom. The van der Waals surface area contributed by atoms with Crippen molar-refractivity contribution < 1.29 is 0 Å². The molecule has 2 unspecified atom stereocenters. The second-order valence-electron chi connectivity index (χ2n) is 4.84. The van der Waals surface area contributed by atoms with E-state index in [0.29, 0.717) is 23.9 Å². The fourth-order valence-electron chi connectivity index (χ4n) is 2.26. The summed E-state index contributed by atoms with van der Waals surface area (Å²) in [5.41, 5.74) is 0. The molecule has 0 aliphatic heterocycles. The number of nitrogens with zero attached hydrogens (tertiary/aromatic N) is 3. The highest BCUT2D eigenvalue weighted by molar-refractivity contribution is 6.28. The average molecular weight is 270 g/mol. The summed E-state index contributed by atoms with van der Waals surface area (Å²) in [7, 11) is 0. The minimum atomic E-state index is 0.233. The number of hydrogen-bond acceptors (Lipinski definition) is 5. The second-order valence-corrected chi connectivity index (χ2v) is 5.18. The van der Waals surface area contributed by atoms with Gasteiger partial charge in [0, 0.05) is 12.6 Å². The van der Waals surface area contributed by atoms with Crippen molar-refractivity contribution in [3.05, 3.63) is 5.28 Å². The standard InChI is InChI=1S/C12H20ClN5/c1-3-7-14-11-16-10(13)17-12(18-11)15-9-6-4-5-8(9)2/h8-9H,3-7H2,1-2H3,(H2,14,15,16,17,18). The van der Waals surface area contributed by atoms with Crippen LogP contribution < -0.4 is 10.6 Å². The molecule has 1 heterocycles. The Hall–Kier alpha value is -1.10. The first-order valence-corrected chi connectivity index (χ1v) is 6.99. The summed E-state index contributed by atoms with van der Waals surface area (Å²) in [6, 6.07) is 0.447. The number of anilines is 2. The Morgan fingerprint density at radius 2 is 2.00 bits per heavy atom. The maximum absolute atomic E-state index is 5.91. The van der Waals surface area contributed by atoms with E-state index < -0.39 is 0 Å². The molecule has 1 saturated carbocycles. The third-order valence-electron chi connectivity index (χ3n) is 3.32. The van der Waals surface area contributed by atoms with Gasteiger partial charge in [-0.3, -0.25) is 0 Å². The van der Waals surface area contributed by atoms with Crippen LogP contribution in [0.2, 0.25) is 5.28 Å². The van der Waals surface area contributed by atoms with E-state index in [0.717, 1.165) is 13.0 Å². The van der Waals surface area contributed by atoms with Gasteiger partial charge in [-0.25, -0.2) is 0 Å². The van der Waals surface area contributed by atoms with Gasteiger partial charge in [0.25, 0.3) is 0 Å². The van der Waals surface area contributed by atoms with Gasteiger partial charge in [-0.15, -0.1) is 0 Å². The summed E-state index contributed by atoms with van der Waals surface area (Å²) in [5.74, 6) is 1.78. The first-order valence-electron chi connectivity index (χ1n) is 6.61. The molecular weight excluding hydrogens is 250 g/mol. The van der Waals surface area contributed by atoms with Gasteiger partial charge in [0.2, 0.25) is 17.2 Å². The first kappa shape index (κ1) is 13.3. The maximum Gasteiger partial charge on any atom is 0.229 e. The lowest BCUT2D eigenvalue weighted by Crippen LogP contribution is -2.23. The van der Waals surface area contributed by atoms with E-state index in [2.05, 4.69) is 39.4 Å². The minimum absolute atomic E-state index is 0.233. The Morgan fingerprint density at radius 3 is 2.67 bits per heavy atom. The molecule has 0 aromatic carbocycles. The van der Waals surface area contributed by atoms with E-state index in [4.69, 9.17) is 11.6 Å². The highest BCUT2D eigenvalue weighted by Crippen LogP contribution is 2.27. The van der Waals surface area contributed by atoms with E-state index in [1.165, 1.54) is 19.3 Å². The van der Waals surface area contributed by atoms with Crippen LogP contribution in [0, 0.1) is 5.92 Å². The monoisotopic (exact) mass is 269 g/mol. The Bertz CT molecular complexity index is 398. The molecule has 0 radical (unpaired) electrons. The molecule has 0 saturated heterocycles. The molecule has 1 aromatic rings. The largest absolute Gasteiger partial charge is 0.354 e. The molecule has 1 fully saturated rings. The van der Waals surface area contributed by atoms with E-state index in [9.17, 15) is 0 Å². The molecular formula is C12H20ClN5. The first-order chi connectivity index (χ1) is 8.69. The number of rotatable bonds is 5. The van der Waals surface area contributed by atoms with Crippen molar-refractivity contribution in [3.8, 4) is 0 Å². The molecule has 0 spiro atoms. The lowest BCUT2D eigenvalue weighted by Gasteiger charge is -2.17. The zero-order valence-corrected chi connectivity index (χ0v) is 11.7. The molecule has 1 aliphatic carbocycles. The fourth-order valence-corrected chi connectivity index (χ4v) is 2.42. The van der Waals surface area contributed by atoms with Gasteiger partial charge in [-0.1, -0.05) is 20.3 Å². The third-order valence-corrected chi connectivity index (χ3v) is 3.49. The summed E-state index contributed by atoms with van der Waals surface area (Å²) < 4.78 is 0. The van der Waals surface area contributed by atoms with Gasteiger partial charge in [-0.05, 0) is 36.8 Å². The molecule has 100 valence electrons. The van der Waals surface area contributed by atoms with Gasteiger partial charge in [0.15, 0.2) is 0 Å². The maximum atomic E-state index is 5.91. The van der Waals surface area contributed by atoms with E-state index in [-0.39, 0.29) is 5.28 Å². The van der Waals surface area contributed by atoms with Crippen LogP contribution in [0.5, 0.6) is 0 Å². The van der Waals surface area contributed by atoms with Crippen LogP contribution in [0.3, 0.4) is 0 Å². The SMILES string of the molecule is CCCNc1nc(Cl)nc(NC2CCCC2C)n1. The van der Waals surface area contributed by atoms with Crippen molar-refractivity contribution >= 4 is 23.5 Å². The van der Waals surface area contributed by atoms with Crippen LogP contribution in [0.15, 0.2) is 0 Å². The summed E-state index contributed by atoms with van der Waals surface area (Å²) in [6.07, 6.45) is 4.71. The van der Waals surface area contributed by atoms with Gasteiger partial charge in [0.05, 0.1) is 0 Å². The Balaban J connectivity index is 2.05. The van der Waals surface area contributed by atoms with Crippen LogP contribution in [-0.4, -0.2) is 27.5 Å². The lowest BCUT2D eigenvalue weighted by atomic mass is 10.1. The van der Waals surface area contributed by atoms with Crippen molar-refractivity contribution in [2.45, 2.75) is 45.6 Å². The van der Waals surface area contributed by atoms with Crippen LogP contribution >= 0.6 is 11.6 Å². The highest BCUT2D eigenvalue weighted by Gasteiger charge is 2.24. The van der Waals surface area contributed by atoms with Crippen LogP contribution in [-0.2, 0) is 0 Å². The predicted molar refractivity (Wildman–Crippen MR) is 74.0 cm³/mol. The van der Waals surface area contributed by atoms with Crippen molar-refractivity contribution in [1.29, 1.82) is 0 Å². The third kappa shape index (κ3) is 3.45. The molecule has 18 heavy (non-hydrogen) atoms. The quantitative estimate of drug-likeness (QED) is 0.861. The van der Waals surface area contributed by atoms with Crippen molar-refractivity contribution in [1.82, 2.24) is 15.0 Å². The second kappa shape index (κ2) is 6.18. The lowest BCUT2D eigenvalue weighted by molar-refractivity contribution is 0.553. The van der Waals surface area contributed by atoms with Crippen LogP contribution in [0.1, 0.15) is 39.5 Å². The number of aromatic nitrogens is 3. The zero-order chi connectivity index (χ0) is 13.0. The molecule has 2 N–H and O–H groups in total. The van der Waals surface area contributed by atoms with Gasteiger partial charge in [-0.2, -0.15) is 15.0 Å². The Labute approximate surface area is 113 Å². The summed E-state index contributed by atoms with van der Waals surface area (Å²) in [5, 5.41) is 6.72. The minimum Gasteiger partial charge on any atom is -0.354 e. The summed E-state index contributed by atoms with van der Waals surface area (Å²) >= 11 is 5.91. The van der Waals surface area contributed by atoms with Crippen LogP contribution in [0.4, 0.5) is 11.9 Å². The van der Waals surface area contributed by atoms with Crippen LogP contribution in [0.25, 0.3) is 0 Å². The van der Waals surface area contributed by atoms with E-state index in [1.54, 1.807) is 0 Å². The topological polar surface area (TPSA) is 62.7 Å². The van der Waals surface area contributed by atoms with Crippen molar-refractivity contribution in [2.75, 3.05) is 17.2 Å². The molecule has 1 aliphatic rings. The number of nitrogens with one attached hydrogen (secondary N) is 2. The average Bonchev–Trinajstić information content (AvgIpc) is 2.72. The van der Waals surface area contributed by atoms with Crippen molar-refractivity contribution in [3.63, 3.8) is 0 Å². The highest BCUT2D eigenvalue weighted by atomic mass is 35.5. The predicted octanol–water partition coefficient (Wildman–Crippen LogP) is 2.95. The summed E-state index contributed by atoms with van der Waals surface area (Å²) in [6.45, 7) is 5.18. The van der Waals surface area contributed by atoms with Gasteiger partial charge >= 0.3 is 0 Å². The summed E-state index contributed by atoms with van der Waals surface area (Å²) in [4.78, 5) is 12.5. The fraction of sp³-hybridized carbons (Fsp3) is 0.750. The molecule has 2 rings (SSSR count). The number of halogens is 1. The molecule has 2 atom stereocenters.